The second-order valence-corrected chi connectivity index (χ2v) is 8.40. The van der Waals surface area contributed by atoms with Crippen LogP contribution in [-0.4, -0.2) is 26.5 Å². The lowest BCUT2D eigenvalue weighted by Crippen LogP contribution is -2.40. The van der Waals surface area contributed by atoms with Gasteiger partial charge in [0.15, 0.2) is 0 Å². The summed E-state index contributed by atoms with van der Waals surface area (Å²) < 4.78 is 21.1. The fourth-order valence-electron chi connectivity index (χ4n) is 4.18. The van der Waals surface area contributed by atoms with E-state index in [4.69, 9.17) is 10.3 Å². The van der Waals surface area contributed by atoms with Crippen molar-refractivity contribution >= 4 is 22.7 Å². The first kappa shape index (κ1) is 20.9. The first-order valence-corrected chi connectivity index (χ1v) is 10.6. The number of aryl methyl sites for hydroxylation is 2. The molecule has 0 spiro atoms. The number of hydrogen-bond donors (Lipinski definition) is 2. The predicted molar refractivity (Wildman–Crippen MR) is 119 cm³/mol. The van der Waals surface area contributed by atoms with Crippen molar-refractivity contribution in [3.8, 4) is 17.2 Å². The highest BCUT2D eigenvalue weighted by Crippen LogP contribution is 2.45. The normalized spacial score (nSPS) is 14.4. The van der Waals surface area contributed by atoms with Crippen LogP contribution in [0.5, 0.6) is 0 Å². The maximum absolute atomic E-state index is 14.0. The van der Waals surface area contributed by atoms with E-state index >= 15 is 0 Å². The topological polar surface area (TPSA) is 116 Å². The van der Waals surface area contributed by atoms with Gasteiger partial charge in [-0.25, -0.2) is 4.39 Å². The summed E-state index contributed by atoms with van der Waals surface area (Å²) in [7, 11) is 0. The van der Waals surface area contributed by atoms with Crippen molar-refractivity contribution in [3.63, 3.8) is 0 Å². The average molecular weight is 447 g/mol. The Hall–Kier alpha value is -4.01. The maximum Gasteiger partial charge on any atom is 0.235 e. The van der Waals surface area contributed by atoms with Gasteiger partial charge >= 0.3 is 0 Å². The summed E-state index contributed by atoms with van der Waals surface area (Å²) >= 11 is 0. The van der Waals surface area contributed by atoms with E-state index < -0.39 is 11.3 Å². The Bertz CT molecular complexity index is 1400. The lowest BCUT2D eigenvalue weighted by atomic mass is 10.1. The Morgan fingerprint density at radius 2 is 1.91 bits per heavy atom. The largest absolute Gasteiger partial charge is 0.369 e. The molecule has 0 aliphatic heterocycles. The van der Waals surface area contributed by atoms with Gasteiger partial charge in [-0.15, -0.1) is 0 Å². The maximum atomic E-state index is 14.0. The van der Waals surface area contributed by atoms with Crippen LogP contribution in [0.4, 0.5) is 4.39 Å². The molecule has 168 valence electrons. The van der Waals surface area contributed by atoms with Gasteiger partial charge in [0.05, 0.1) is 11.2 Å². The Morgan fingerprint density at radius 3 is 2.52 bits per heavy atom. The highest BCUT2D eigenvalue weighted by atomic mass is 19.1. The van der Waals surface area contributed by atoms with Crippen molar-refractivity contribution < 1.29 is 18.5 Å². The summed E-state index contributed by atoms with van der Waals surface area (Å²) in [6.07, 6.45) is 0.984. The second kappa shape index (κ2) is 7.54. The molecule has 5 rings (SSSR count). The van der Waals surface area contributed by atoms with Gasteiger partial charge in [0.25, 0.3) is 0 Å². The Labute approximate surface area is 188 Å². The Kier molecular flexibility index (Phi) is 4.77. The van der Waals surface area contributed by atoms with Gasteiger partial charge in [-0.05, 0) is 61.2 Å². The van der Waals surface area contributed by atoms with Gasteiger partial charge in [0.1, 0.15) is 11.2 Å². The van der Waals surface area contributed by atoms with E-state index in [1.807, 2.05) is 35.8 Å². The van der Waals surface area contributed by atoms with E-state index in [0.29, 0.717) is 30.3 Å². The van der Waals surface area contributed by atoms with Gasteiger partial charge in [0.2, 0.25) is 23.5 Å². The third kappa shape index (κ3) is 3.45. The predicted octanol–water partition coefficient (Wildman–Crippen LogP) is 3.32. The summed E-state index contributed by atoms with van der Waals surface area (Å²) in [6, 6.07) is 12.2. The second-order valence-electron chi connectivity index (χ2n) is 8.40. The van der Waals surface area contributed by atoms with Crippen LogP contribution >= 0.6 is 0 Å². The van der Waals surface area contributed by atoms with Crippen molar-refractivity contribution in [2.75, 3.05) is 0 Å². The minimum absolute atomic E-state index is 0.279. The molecule has 0 bridgehead atoms. The SMILES string of the molecule is Cc1nc(-c2c(C)c3cc(F)ccc3n2-c2ccc(CNC(=O)C3(C(N)=O)CC3)cc2)no1. The van der Waals surface area contributed by atoms with Crippen LogP contribution in [0.3, 0.4) is 0 Å². The molecular weight excluding hydrogens is 425 g/mol. The molecule has 0 unspecified atom stereocenters. The van der Waals surface area contributed by atoms with Crippen LogP contribution in [0.15, 0.2) is 47.0 Å². The molecule has 1 fully saturated rings. The van der Waals surface area contributed by atoms with Crippen molar-refractivity contribution in [3.05, 3.63) is 65.3 Å². The van der Waals surface area contributed by atoms with E-state index in [1.54, 1.807) is 13.0 Å². The number of carbonyl (C=O) groups is 2. The minimum atomic E-state index is -1.05. The summed E-state index contributed by atoms with van der Waals surface area (Å²) in [5.74, 6) is -0.384. The monoisotopic (exact) mass is 447 g/mol. The third-order valence-electron chi connectivity index (χ3n) is 6.23. The number of hydrogen-bond acceptors (Lipinski definition) is 5. The number of nitrogens with zero attached hydrogens (tertiary/aromatic N) is 3. The smallest absolute Gasteiger partial charge is 0.235 e. The van der Waals surface area contributed by atoms with Gasteiger partial charge < -0.3 is 20.1 Å². The molecule has 33 heavy (non-hydrogen) atoms. The molecule has 0 saturated heterocycles. The number of fused-ring (bicyclic) bond motifs is 1. The zero-order chi connectivity index (χ0) is 23.3. The number of nitrogens with one attached hydrogen (secondary N) is 1. The number of rotatable bonds is 6. The highest BCUT2D eigenvalue weighted by molar-refractivity contribution is 6.07. The molecule has 3 N–H and O–H groups in total. The number of aromatic nitrogens is 3. The van der Waals surface area contributed by atoms with E-state index in [9.17, 15) is 14.0 Å². The number of benzene rings is 2. The molecular formula is C24H22FN5O3. The first-order valence-electron chi connectivity index (χ1n) is 10.6. The Balaban J connectivity index is 1.49. The lowest BCUT2D eigenvalue weighted by molar-refractivity contribution is -0.135. The van der Waals surface area contributed by atoms with Crippen LogP contribution in [0.2, 0.25) is 0 Å². The lowest BCUT2D eigenvalue weighted by Gasteiger charge is -2.13. The number of primary amides is 1. The third-order valence-corrected chi connectivity index (χ3v) is 6.23. The summed E-state index contributed by atoms with van der Waals surface area (Å²) in [5, 5.41) is 7.63. The van der Waals surface area contributed by atoms with E-state index in [2.05, 4.69) is 15.5 Å². The van der Waals surface area contributed by atoms with Crippen molar-refractivity contribution in [2.24, 2.45) is 11.1 Å². The number of halogens is 1. The highest BCUT2D eigenvalue weighted by Gasteiger charge is 2.55. The number of nitrogens with two attached hydrogens (primary N) is 1. The summed E-state index contributed by atoms with van der Waals surface area (Å²) in [4.78, 5) is 28.3. The van der Waals surface area contributed by atoms with E-state index in [1.165, 1.54) is 12.1 Å². The molecule has 1 saturated carbocycles. The summed E-state index contributed by atoms with van der Waals surface area (Å²) in [6.45, 7) is 3.89. The molecule has 2 aromatic carbocycles. The van der Waals surface area contributed by atoms with E-state index in [0.717, 1.165) is 27.7 Å². The van der Waals surface area contributed by atoms with Crippen molar-refractivity contribution in [2.45, 2.75) is 33.2 Å². The molecule has 0 atom stereocenters. The van der Waals surface area contributed by atoms with Crippen LogP contribution in [-0.2, 0) is 16.1 Å². The molecule has 2 heterocycles. The van der Waals surface area contributed by atoms with Crippen LogP contribution in [0.25, 0.3) is 28.1 Å². The molecule has 1 aliphatic carbocycles. The van der Waals surface area contributed by atoms with Crippen LogP contribution in [0.1, 0.15) is 29.9 Å². The van der Waals surface area contributed by atoms with E-state index in [-0.39, 0.29) is 18.3 Å². The number of amides is 2. The number of carbonyl (C=O) groups excluding carboxylic acids is 2. The minimum Gasteiger partial charge on any atom is -0.369 e. The van der Waals surface area contributed by atoms with Gasteiger partial charge in [-0.3, -0.25) is 9.59 Å². The quantitative estimate of drug-likeness (QED) is 0.440. The molecule has 9 heteroatoms. The van der Waals surface area contributed by atoms with Crippen molar-refractivity contribution in [1.29, 1.82) is 0 Å². The zero-order valence-electron chi connectivity index (χ0n) is 18.2. The molecule has 1 aliphatic rings. The Morgan fingerprint density at radius 1 is 1.18 bits per heavy atom. The van der Waals surface area contributed by atoms with Crippen LogP contribution in [0, 0.1) is 25.1 Å². The van der Waals surface area contributed by atoms with Gasteiger partial charge in [-0.1, -0.05) is 17.3 Å². The fraction of sp³-hybridized carbons (Fsp3) is 0.250. The fourth-order valence-corrected chi connectivity index (χ4v) is 4.18. The first-order chi connectivity index (χ1) is 15.8. The van der Waals surface area contributed by atoms with Gasteiger partial charge in [0, 0.05) is 24.5 Å². The van der Waals surface area contributed by atoms with Gasteiger partial charge in [-0.2, -0.15) is 4.98 Å². The molecule has 8 nitrogen and oxygen atoms in total. The molecule has 2 aromatic heterocycles. The molecule has 4 aromatic rings. The molecule has 2 amide bonds. The average Bonchev–Trinajstić information content (AvgIpc) is 3.44. The van der Waals surface area contributed by atoms with Crippen LogP contribution < -0.4 is 11.1 Å². The standard InChI is InChI=1S/C24H22FN5O3/c1-13-18-11-16(25)5-8-19(18)30(20(13)21-28-14(2)33-29-21)17-6-3-15(4-7-17)12-27-23(32)24(9-10-24)22(26)31/h3-8,11H,9-10,12H2,1-2H3,(H2,26,31)(H,27,32). The zero-order valence-corrected chi connectivity index (χ0v) is 18.2. The summed E-state index contributed by atoms with van der Waals surface area (Å²) in [5.41, 5.74) is 8.36. The van der Waals surface area contributed by atoms with Crippen molar-refractivity contribution in [1.82, 2.24) is 20.0 Å². The molecule has 0 radical (unpaired) electrons.